The maximum Gasteiger partial charge on any atom is 0.323 e. The molecule has 0 fully saturated rings. The van der Waals surface area contributed by atoms with Gasteiger partial charge in [0.1, 0.15) is 0 Å². The number of benzene rings is 1. The maximum atomic E-state index is 12.6. The Morgan fingerprint density at radius 3 is 2.78 bits per heavy atom. The van der Waals surface area contributed by atoms with Gasteiger partial charge in [0, 0.05) is 18.6 Å². The molecule has 0 unspecified atom stereocenters. The van der Waals surface area contributed by atoms with Crippen LogP contribution in [0.5, 0.6) is 0 Å². The fraction of sp³-hybridized carbons (Fsp3) is 0. The van der Waals surface area contributed by atoms with Crippen molar-refractivity contribution >= 4 is 32.4 Å². The Labute approximate surface area is 129 Å². The summed E-state index contributed by atoms with van der Waals surface area (Å²) in [5.41, 5.74) is 1.47. The molecule has 0 saturated heterocycles. The number of anilines is 1. The Kier molecular flexibility index (Phi) is 2.78. The van der Waals surface area contributed by atoms with Crippen molar-refractivity contribution < 1.29 is 8.42 Å². The van der Waals surface area contributed by atoms with Crippen LogP contribution in [0.1, 0.15) is 0 Å². The topological polar surface area (TPSA) is 112 Å². The van der Waals surface area contributed by atoms with Gasteiger partial charge in [0.25, 0.3) is 10.0 Å². The predicted octanol–water partition coefficient (Wildman–Crippen LogP) is 1.30. The van der Waals surface area contributed by atoms with Gasteiger partial charge in [-0.1, -0.05) is 0 Å². The standard InChI is InChI=1S/C14H11N5O3S/c20-14-16-10-4-3-9(8-12(10)17-14)23(21,22)18-11-2-1-6-19-7-5-15-13(11)19/h1-8,18H,(H2,16,17,20). The molecule has 0 saturated carbocycles. The van der Waals surface area contributed by atoms with Crippen LogP contribution in [0.2, 0.25) is 0 Å². The van der Waals surface area contributed by atoms with E-state index in [1.54, 1.807) is 35.1 Å². The lowest BCUT2D eigenvalue weighted by molar-refractivity contribution is 0.601. The van der Waals surface area contributed by atoms with Crippen molar-refractivity contribution in [3.05, 3.63) is 59.4 Å². The molecule has 116 valence electrons. The Morgan fingerprint density at radius 2 is 1.91 bits per heavy atom. The molecular weight excluding hydrogens is 318 g/mol. The molecule has 0 spiro atoms. The lowest BCUT2D eigenvalue weighted by Gasteiger charge is -2.09. The third kappa shape index (κ3) is 2.27. The van der Waals surface area contributed by atoms with Crippen LogP contribution < -0.4 is 10.4 Å². The van der Waals surface area contributed by atoms with Gasteiger partial charge in [0.2, 0.25) is 0 Å². The van der Waals surface area contributed by atoms with Gasteiger partial charge >= 0.3 is 5.69 Å². The smallest absolute Gasteiger partial charge is 0.306 e. The number of rotatable bonds is 3. The van der Waals surface area contributed by atoms with Crippen molar-refractivity contribution in [2.24, 2.45) is 0 Å². The van der Waals surface area contributed by atoms with Gasteiger partial charge in [-0.25, -0.2) is 18.2 Å². The van der Waals surface area contributed by atoms with E-state index in [-0.39, 0.29) is 10.6 Å². The number of H-pyrrole nitrogens is 2. The zero-order valence-electron chi connectivity index (χ0n) is 11.6. The molecule has 4 aromatic rings. The van der Waals surface area contributed by atoms with Crippen LogP contribution in [0.4, 0.5) is 5.69 Å². The van der Waals surface area contributed by atoms with Crippen molar-refractivity contribution in [3.8, 4) is 0 Å². The fourth-order valence-corrected chi connectivity index (χ4v) is 3.50. The minimum Gasteiger partial charge on any atom is -0.306 e. The first-order valence-electron chi connectivity index (χ1n) is 6.69. The summed E-state index contributed by atoms with van der Waals surface area (Å²) < 4.78 is 29.4. The quantitative estimate of drug-likeness (QED) is 0.526. The highest BCUT2D eigenvalue weighted by atomic mass is 32.2. The molecule has 0 aliphatic rings. The molecule has 1 aromatic carbocycles. The van der Waals surface area contributed by atoms with E-state index < -0.39 is 10.0 Å². The minimum absolute atomic E-state index is 0.0498. The van der Waals surface area contributed by atoms with Crippen LogP contribution in [-0.4, -0.2) is 27.8 Å². The second-order valence-corrected chi connectivity index (χ2v) is 6.65. The average molecular weight is 329 g/mol. The fourth-order valence-electron chi connectivity index (χ4n) is 2.41. The SMILES string of the molecule is O=c1[nH]c2ccc(S(=O)(=O)Nc3cccn4ccnc34)cc2[nH]1. The number of aromatic amines is 2. The van der Waals surface area contributed by atoms with Gasteiger partial charge in [-0.2, -0.15) is 0 Å². The highest BCUT2D eigenvalue weighted by Gasteiger charge is 2.17. The molecule has 0 aliphatic carbocycles. The number of imidazole rings is 2. The first-order chi connectivity index (χ1) is 11.0. The van der Waals surface area contributed by atoms with E-state index in [0.29, 0.717) is 22.4 Å². The van der Waals surface area contributed by atoms with E-state index >= 15 is 0 Å². The van der Waals surface area contributed by atoms with Gasteiger partial charge in [-0.15, -0.1) is 0 Å². The van der Waals surface area contributed by atoms with Gasteiger partial charge in [0.05, 0.1) is 21.6 Å². The van der Waals surface area contributed by atoms with E-state index in [1.807, 2.05) is 0 Å². The van der Waals surface area contributed by atoms with Gasteiger partial charge < -0.3 is 14.4 Å². The summed E-state index contributed by atoms with van der Waals surface area (Å²) in [5, 5.41) is 0. The highest BCUT2D eigenvalue weighted by molar-refractivity contribution is 7.92. The second kappa shape index (κ2) is 4.71. The molecule has 3 N–H and O–H groups in total. The number of fused-ring (bicyclic) bond motifs is 2. The molecule has 3 heterocycles. The summed E-state index contributed by atoms with van der Waals surface area (Å²) in [6.45, 7) is 0. The molecule has 23 heavy (non-hydrogen) atoms. The number of sulfonamides is 1. The largest absolute Gasteiger partial charge is 0.323 e. The van der Waals surface area contributed by atoms with E-state index in [0.717, 1.165) is 0 Å². The molecule has 3 aromatic heterocycles. The lowest BCUT2D eigenvalue weighted by atomic mass is 10.3. The van der Waals surface area contributed by atoms with Crippen molar-refractivity contribution in [1.29, 1.82) is 0 Å². The molecule has 0 aliphatic heterocycles. The summed E-state index contributed by atoms with van der Waals surface area (Å²) in [7, 11) is -3.80. The van der Waals surface area contributed by atoms with Crippen molar-refractivity contribution in [1.82, 2.24) is 19.4 Å². The molecule has 0 amide bonds. The summed E-state index contributed by atoms with van der Waals surface area (Å²) in [4.78, 5) is 20.6. The normalized spacial score (nSPS) is 12.0. The number of hydrogen-bond acceptors (Lipinski definition) is 4. The summed E-state index contributed by atoms with van der Waals surface area (Å²) >= 11 is 0. The number of aromatic nitrogens is 4. The lowest BCUT2D eigenvalue weighted by Crippen LogP contribution is -2.13. The van der Waals surface area contributed by atoms with E-state index in [9.17, 15) is 13.2 Å². The second-order valence-electron chi connectivity index (χ2n) is 4.97. The van der Waals surface area contributed by atoms with Crippen LogP contribution in [0, 0.1) is 0 Å². The maximum absolute atomic E-state index is 12.6. The van der Waals surface area contributed by atoms with Crippen LogP contribution in [-0.2, 0) is 10.0 Å². The van der Waals surface area contributed by atoms with Gasteiger partial charge in [-0.3, -0.25) is 4.72 Å². The van der Waals surface area contributed by atoms with Crippen LogP contribution in [0.25, 0.3) is 16.7 Å². The first kappa shape index (κ1) is 13.6. The monoisotopic (exact) mass is 329 g/mol. The molecule has 9 heteroatoms. The molecule has 0 radical (unpaired) electrons. The molecule has 4 rings (SSSR count). The Morgan fingerprint density at radius 1 is 1.09 bits per heavy atom. The third-order valence-electron chi connectivity index (χ3n) is 3.46. The molecule has 0 bridgehead atoms. The number of nitrogens with zero attached hydrogens (tertiary/aromatic N) is 2. The zero-order valence-corrected chi connectivity index (χ0v) is 12.5. The van der Waals surface area contributed by atoms with Crippen LogP contribution >= 0.6 is 0 Å². The summed E-state index contributed by atoms with van der Waals surface area (Å²) in [6, 6.07) is 7.73. The van der Waals surface area contributed by atoms with Crippen LogP contribution in [0.15, 0.2) is 58.6 Å². The Hall–Kier alpha value is -3.07. The summed E-state index contributed by atoms with van der Waals surface area (Å²) in [6.07, 6.45) is 5.09. The molecular formula is C14H11N5O3S. The zero-order chi connectivity index (χ0) is 16.0. The number of hydrogen-bond donors (Lipinski definition) is 3. The minimum atomic E-state index is -3.80. The van der Waals surface area contributed by atoms with E-state index in [2.05, 4.69) is 19.7 Å². The highest BCUT2D eigenvalue weighted by Crippen LogP contribution is 2.21. The van der Waals surface area contributed by atoms with Crippen molar-refractivity contribution in [2.75, 3.05) is 4.72 Å². The Balaban J connectivity index is 1.79. The van der Waals surface area contributed by atoms with E-state index in [1.165, 1.54) is 18.2 Å². The third-order valence-corrected chi connectivity index (χ3v) is 4.82. The Bertz CT molecular complexity index is 1190. The number of nitrogens with one attached hydrogen (secondary N) is 3. The van der Waals surface area contributed by atoms with Crippen molar-refractivity contribution in [3.63, 3.8) is 0 Å². The van der Waals surface area contributed by atoms with Crippen LogP contribution in [0.3, 0.4) is 0 Å². The molecule has 8 nitrogen and oxygen atoms in total. The van der Waals surface area contributed by atoms with E-state index in [4.69, 9.17) is 0 Å². The molecule has 0 atom stereocenters. The number of pyridine rings is 1. The van der Waals surface area contributed by atoms with Gasteiger partial charge in [-0.05, 0) is 30.3 Å². The van der Waals surface area contributed by atoms with Crippen molar-refractivity contribution in [2.45, 2.75) is 4.90 Å². The first-order valence-corrected chi connectivity index (χ1v) is 8.18. The summed E-state index contributed by atoms with van der Waals surface area (Å²) in [5.74, 6) is 0. The predicted molar refractivity (Wildman–Crippen MR) is 84.9 cm³/mol. The average Bonchev–Trinajstić information content (AvgIpc) is 3.11. The van der Waals surface area contributed by atoms with Gasteiger partial charge in [0.15, 0.2) is 5.65 Å².